The van der Waals surface area contributed by atoms with Crippen molar-refractivity contribution in [3.8, 4) is 11.5 Å². The van der Waals surface area contributed by atoms with Gasteiger partial charge in [-0.3, -0.25) is 9.20 Å². The fourth-order valence-corrected chi connectivity index (χ4v) is 2.43. The second kappa shape index (κ2) is 6.99. The van der Waals surface area contributed by atoms with Crippen LogP contribution in [0.4, 0.5) is 0 Å². The number of carbonyl (C=O) groups is 1. The highest BCUT2D eigenvalue weighted by Crippen LogP contribution is 2.27. The number of hydrogen-bond acceptors (Lipinski definition) is 5. The van der Waals surface area contributed by atoms with E-state index in [2.05, 4.69) is 15.5 Å². The molecule has 2 heterocycles. The number of ether oxygens (including phenoxy) is 2. The summed E-state index contributed by atoms with van der Waals surface area (Å²) in [5.41, 5.74) is 1.30. The van der Waals surface area contributed by atoms with Crippen molar-refractivity contribution in [2.45, 2.75) is 6.42 Å². The van der Waals surface area contributed by atoms with E-state index in [0.29, 0.717) is 30.0 Å². The van der Waals surface area contributed by atoms with Gasteiger partial charge in [-0.25, -0.2) is 0 Å². The number of carbonyl (C=O) groups excluding carboxylic acids is 1. The van der Waals surface area contributed by atoms with E-state index < -0.39 is 0 Å². The van der Waals surface area contributed by atoms with Gasteiger partial charge in [-0.1, -0.05) is 6.07 Å². The summed E-state index contributed by atoms with van der Waals surface area (Å²) in [6.07, 6.45) is 2.49. The topological polar surface area (TPSA) is 77.8 Å². The Morgan fingerprint density at radius 2 is 1.96 bits per heavy atom. The Kier molecular flexibility index (Phi) is 4.60. The molecule has 0 saturated heterocycles. The number of methoxy groups -OCH3 is 2. The highest BCUT2D eigenvalue weighted by Gasteiger charge is 2.11. The molecule has 0 spiro atoms. The monoisotopic (exact) mass is 326 g/mol. The van der Waals surface area contributed by atoms with Crippen molar-refractivity contribution in [1.82, 2.24) is 19.9 Å². The number of aromatic nitrogens is 3. The number of fused-ring (bicyclic) bond motifs is 1. The zero-order valence-electron chi connectivity index (χ0n) is 13.5. The van der Waals surface area contributed by atoms with Crippen molar-refractivity contribution in [1.29, 1.82) is 0 Å². The average Bonchev–Trinajstić information content (AvgIpc) is 3.04. The molecular weight excluding hydrogens is 308 g/mol. The predicted molar refractivity (Wildman–Crippen MR) is 88.6 cm³/mol. The predicted octanol–water partition coefficient (Wildman–Crippen LogP) is 1.72. The maximum Gasteiger partial charge on any atom is 0.251 e. The van der Waals surface area contributed by atoms with Crippen LogP contribution in [0.1, 0.15) is 16.2 Å². The highest BCUT2D eigenvalue weighted by atomic mass is 16.5. The largest absolute Gasteiger partial charge is 0.493 e. The summed E-state index contributed by atoms with van der Waals surface area (Å²) in [7, 11) is 3.09. The number of nitrogens with one attached hydrogen (secondary N) is 1. The molecule has 1 aromatic carbocycles. The zero-order valence-corrected chi connectivity index (χ0v) is 13.5. The minimum Gasteiger partial charge on any atom is -0.493 e. The lowest BCUT2D eigenvalue weighted by Crippen LogP contribution is -2.26. The van der Waals surface area contributed by atoms with Gasteiger partial charge in [-0.15, -0.1) is 10.2 Å². The summed E-state index contributed by atoms with van der Waals surface area (Å²) in [6, 6.07) is 10.8. The van der Waals surface area contributed by atoms with Crippen molar-refractivity contribution in [2.75, 3.05) is 20.8 Å². The Morgan fingerprint density at radius 3 is 2.75 bits per heavy atom. The van der Waals surface area contributed by atoms with Gasteiger partial charge in [-0.05, 0) is 30.3 Å². The van der Waals surface area contributed by atoms with Gasteiger partial charge in [-0.2, -0.15) is 0 Å². The lowest BCUT2D eigenvalue weighted by Gasteiger charge is -2.09. The molecule has 124 valence electrons. The van der Waals surface area contributed by atoms with Crippen LogP contribution in [0.15, 0.2) is 42.6 Å². The molecule has 3 rings (SSSR count). The van der Waals surface area contributed by atoms with Crippen molar-refractivity contribution in [2.24, 2.45) is 0 Å². The molecule has 0 saturated carbocycles. The van der Waals surface area contributed by atoms with Gasteiger partial charge < -0.3 is 14.8 Å². The van der Waals surface area contributed by atoms with Crippen LogP contribution in [-0.4, -0.2) is 41.3 Å². The molecule has 1 N–H and O–H groups in total. The van der Waals surface area contributed by atoms with Crippen molar-refractivity contribution in [3.05, 3.63) is 54.0 Å². The van der Waals surface area contributed by atoms with E-state index in [1.165, 1.54) is 7.11 Å². The smallest absolute Gasteiger partial charge is 0.251 e. The van der Waals surface area contributed by atoms with Gasteiger partial charge in [0.2, 0.25) is 0 Å². The minimum absolute atomic E-state index is 0.176. The zero-order chi connectivity index (χ0) is 16.9. The van der Waals surface area contributed by atoms with Crippen LogP contribution >= 0.6 is 0 Å². The lowest BCUT2D eigenvalue weighted by atomic mass is 10.2. The number of benzene rings is 1. The maximum absolute atomic E-state index is 12.3. The van der Waals surface area contributed by atoms with Crippen LogP contribution in [0.25, 0.3) is 5.65 Å². The average molecular weight is 326 g/mol. The summed E-state index contributed by atoms with van der Waals surface area (Å²) in [5, 5.41) is 11.1. The van der Waals surface area contributed by atoms with Gasteiger partial charge in [0.1, 0.15) is 5.82 Å². The summed E-state index contributed by atoms with van der Waals surface area (Å²) in [5.74, 6) is 1.74. The fourth-order valence-electron chi connectivity index (χ4n) is 2.43. The summed E-state index contributed by atoms with van der Waals surface area (Å²) >= 11 is 0. The van der Waals surface area contributed by atoms with Crippen LogP contribution in [0.5, 0.6) is 11.5 Å². The Bertz CT molecular complexity index is 860. The van der Waals surface area contributed by atoms with E-state index >= 15 is 0 Å². The van der Waals surface area contributed by atoms with Crippen LogP contribution in [0, 0.1) is 0 Å². The fraction of sp³-hybridized carbons (Fsp3) is 0.235. The molecule has 0 bridgehead atoms. The molecule has 2 aromatic heterocycles. The van der Waals surface area contributed by atoms with E-state index in [1.807, 2.05) is 28.8 Å². The Morgan fingerprint density at radius 1 is 1.12 bits per heavy atom. The van der Waals surface area contributed by atoms with Crippen LogP contribution < -0.4 is 14.8 Å². The molecule has 0 atom stereocenters. The molecule has 0 fully saturated rings. The first-order valence-corrected chi connectivity index (χ1v) is 7.52. The maximum atomic E-state index is 12.3. The molecular formula is C17H18N4O3. The van der Waals surface area contributed by atoms with E-state index in [4.69, 9.17) is 9.47 Å². The van der Waals surface area contributed by atoms with E-state index in [0.717, 1.165) is 11.5 Å². The molecule has 24 heavy (non-hydrogen) atoms. The Balaban J connectivity index is 1.63. The Labute approximate surface area is 139 Å². The van der Waals surface area contributed by atoms with Gasteiger partial charge in [0.15, 0.2) is 17.1 Å². The molecule has 1 amide bonds. The van der Waals surface area contributed by atoms with E-state index in [-0.39, 0.29) is 5.91 Å². The molecule has 0 aliphatic rings. The van der Waals surface area contributed by atoms with Gasteiger partial charge >= 0.3 is 0 Å². The van der Waals surface area contributed by atoms with Gasteiger partial charge in [0.05, 0.1) is 14.2 Å². The molecule has 0 aliphatic carbocycles. The van der Waals surface area contributed by atoms with E-state index in [9.17, 15) is 4.79 Å². The highest BCUT2D eigenvalue weighted by molar-refractivity contribution is 5.94. The minimum atomic E-state index is -0.176. The third kappa shape index (κ3) is 3.15. The standard InChI is InChI=1S/C17H18N4O3/c1-23-13-7-6-12(11-14(13)24-2)17(22)18-9-8-16-20-19-15-5-3-4-10-21(15)16/h3-7,10-11H,8-9H2,1-2H3,(H,18,22). The lowest BCUT2D eigenvalue weighted by molar-refractivity contribution is 0.0953. The molecule has 7 nitrogen and oxygen atoms in total. The quantitative estimate of drug-likeness (QED) is 0.746. The molecule has 7 heteroatoms. The SMILES string of the molecule is COc1ccc(C(=O)NCCc2nnc3ccccn23)cc1OC. The summed E-state index contributed by atoms with van der Waals surface area (Å²) < 4.78 is 12.3. The number of nitrogens with zero attached hydrogens (tertiary/aromatic N) is 3. The first-order valence-electron chi connectivity index (χ1n) is 7.52. The first kappa shape index (κ1) is 15.8. The van der Waals surface area contributed by atoms with Crippen LogP contribution in [0.2, 0.25) is 0 Å². The normalized spacial score (nSPS) is 10.6. The summed E-state index contributed by atoms with van der Waals surface area (Å²) in [6.45, 7) is 0.461. The molecule has 0 aliphatic heterocycles. The number of pyridine rings is 1. The molecule has 3 aromatic rings. The van der Waals surface area contributed by atoms with Crippen LogP contribution in [-0.2, 0) is 6.42 Å². The first-order chi connectivity index (χ1) is 11.7. The Hall–Kier alpha value is -3.09. The summed E-state index contributed by atoms with van der Waals surface area (Å²) in [4.78, 5) is 12.3. The number of amides is 1. The second-order valence-electron chi connectivity index (χ2n) is 5.12. The third-order valence-corrected chi connectivity index (χ3v) is 3.66. The van der Waals surface area contributed by atoms with Crippen molar-refractivity contribution in [3.63, 3.8) is 0 Å². The van der Waals surface area contributed by atoms with Crippen molar-refractivity contribution >= 4 is 11.6 Å². The van der Waals surface area contributed by atoms with Crippen LogP contribution in [0.3, 0.4) is 0 Å². The molecule has 0 unspecified atom stereocenters. The van der Waals surface area contributed by atoms with Gasteiger partial charge in [0, 0.05) is 24.7 Å². The number of rotatable bonds is 6. The van der Waals surface area contributed by atoms with E-state index in [1.54, 1.807) is 25.3 Å². The number of hydrogen-bond donors (Lipinski definition) is 1. The second-order valence-corrected chi connectivity index (χ2v) is 5.12. The van der Waals surface area contributed by atoms with Gasteiger partial charge in [0.25, 0.3) is 5.91 Å². The molecule has 0 radical (unpaired) electrons. The van der Waals surface area contributed by atoms with Crippen molar-refractivity contribution < 1.29 is 14.3 Å². The third-order valence-electron chi connectivity index (χ3n) is 3.66.